The summed E-state index contributed by atoms with van der Waals surface area (Å²) in [6, 6.07) is 0. The molecule has 1 heterocycles. The second-order valence-corrected chi connectivity index (χ2v) is 19.2. The zero-order valence-corrected chi connectivity index (χ0v) is 41.2. The first-order valence-electron chi connectivity index (χ1n) is 27.2. The van der Waals surface area contributed by atoms with Crippen LogP contribution in [0.1, 0.15) is 284 Å². The molecule has 1 aliphatic rings. The zero-order chi connectivity index (χ0) is 45.6. The molecule has 1 saturated heterocycles. The number of hydrogen-bond donors (Lipinski definition) is 6. The summed E-state index contributed by atoms with van der Waals surface area (Å²) in [5.41, 5.74) is 5.15. The molecule has 8 heteroatoms. The molecule has 0 aliphatic carbocycles. The Kier molecular flexibility index (Phi) is 47.1. The van der Waals surface area contributed by atoms with E-state index < -0.39 is 36.6 Å². The van der Waals surface area contributed by atoms with E-state index in [9.17, 15) is 30.3 Å². The van der Waals surface area contributed by atoms with Crippen LogP contribution in [-0.4, -0.2) is 74.7 Å². The second kappa shape index (κ2) is 47.9. The van der Waals surface area contributed by atoms with E-state index in [2.05, 4.69) is 13.8 Å². The molecule has 0 bridgehead atoms. The molecule has 0 spiro atoms. The Bertz CT molecular complexity index is 934. The standard InChI is InChI=1S/C29H59NO.C25H48O6/c1-2-3-4-5-6-7-8-9-10-11-12-13-14-15-16-17-18-19-20-21-22-23-24-25-26-27-28-29(30)31;1-2-3-4-5-6-7-8-9-10-11-12-13-15-20(27)21(28)16-14-17-24-22(29)18-23(30)25(19-26)31-24/h2-28H2,1H3,(H2,30,31);14,17,20-30H,2-13,15-16,18-19H2,1H3/b;17-14+. The quantitative estimate of drug-likeness (QED) is 0.0263. The average Bonchev–Trinajstić information content (AvgIpc) is 3.26. The smallest absolute Gasteiger partial charge is 0.217 e. The molecule has 370 valence electrons. The van der Waals surface area contributed by atoms with E-state index in [-0.39, 0.29) is 25.4 Å². The van der Waals surface area contributed by atoms with Gasteiger partial charge in [0.2, 0.25) is 5.91 Å². The van der Waals surface area contributed by atoms with E-state index in [1.807, 2.05) is 0 Å². The fourth-order valence-corrected chi connectivity index (χ4v) is 8.77. The molecule has 1 aliphatic heterocycles. The first kappa shape index (κ1) is 61.0. The molecule has 0 aromatic heterocycles. The van der Waals surface area contributed by atoms with Gasteiger partial charge in [-0.25, -0.2) is 0 Å². The molecule has 1 amide bonds. The van der Waals surface area contributed by atoms with Crippen LogP contribution in [0.3, 0.4) is 0 Å². The summed E-state index contributed by atoms with van der Waals surface area (Å²) in [5.74, 6) is -0.149. The Balaban J connectivity index is 0.00000120. The van der Waals surface area contributed by atoms with E-state index in [0.29, 0.717) is 12.8 Å². The number of ether oxygens (including phenoxy) is 1. The van der Waals surface area contributed by atoms with Crippen molar-refractivity contribution in [3.8, 4) is 0 Å². The van der Waals surface area contributed by atoms with Gasteiger partial charge in [0.05, 0.1) is 31.0 Å². The van der Waals surface area contributed by atoms with Gasteiger partial charge in [0.1, 0.15) is 12.2 Å². The molecule has 8 nitrogen and oxygen atoms in total. The van der Waals surface area contributed by atoms with Crippen molar-refractivity contribution in [1.82, 2.24) is 0 Å². The normalized spacial score (nSPS) is 18.8. The predicted molar refractivity (Wildman–Crippen MR) is 263 cm³/mol. The van der Waals surface area contributed by atoms with E-state index >= 15 is 0 Å². The summed E-state index contributed by atoms with van der Waals surface area (Å²) in [7, 11) is 0. The van der Waals surface area contributed by atoms with Crippen LogP contribution in [0, 0.1) is 0 Å². The van der Waals surface area contributed by atoms with Crippen molar-refractivity contribution in [1.29, 1.82) is 0 Å². The summed E-state index contributed by atoms with van der Waals surface area (Å²) >= 11 is 0. The first-order chi connectivity index (χ1) is 30.3. The lowest BCUT2D eigenvalue weighted by Crippen LogP contribution is -2.47. The number of aliphatic hydroxyl groups is 5. The maximum atomic E-state index is 10.7. The molecular formula is C54H107NO7. The summed E-state index contributed by atoms with van der Waals surface area (Å²) in [4.78, 5) is 10.7. The van der Waals surface area contributed by atoms with E-state index in [1.165, 1.54) is 225 Å². The van der Waals surface area contributed by atoms with E-state index in [4.69, 9.17) is 10.5 Å². The number of nitrogens with two attached hydrogens (primary N) is 1. The molecule has 7 N–H and O–H groups in total. The van der Waals surface area contributed by atoms with Gasteiger partial charge in [-0.2, -0.15) is 0 Å². The zero-order valence-electron chi connectivity index (χ0n) is 41.2. The highest BCUT2D eigenvalue weighted by Crippen LogP contribution is 2.22. The van der Waals surface area contributed by atoms with Crippen molar-refractivity contribution < 1.29 is 35.1 Å². The predicted octanol–water partition coefficient (Wildman–Crippen LogP) is 13.6. The summed E-state index contributed by atoms with van der Waals surface area (Å²) < 4.78 is 5.47. The van der Waals surface area contributed by atoms with Crippen molar-refractivity contribution in [3.05, 3.63) is 12.2 Å². The van der Waals surface area contributed by atoms with E-state index in [0.717, 1.165) is 19.3 Å². The summed E-state index contributed by atoms with van der Waals surface area (Å²) in [5, 5.41) is 49.2. The monoisotopic (exact) mass is 882 g/mol. The number of aliphatic hydroxyl groups excluding tert-OH is 5. The van der Waals surface area contributed by atoms with Gasteiger partial charge >= 0.3 is 0 Å². The Hall–Kier alpha value is -1.03. The number of hydrogen-bond acceptors (Lipinski definition) is 7. The third-order valence-electron chi connectivity index (χ3n) is 13.1. The van der Waals surface area contributed by atoms with Gasteiger partial charge in [-0.15, -0.1) is 0 Å². The Morgan fingerprint density at radius 1 is 0.516 bits per heavy atom. The Labute approximate surface area is 384 Å². The van der Waals surface area contributed by atoms with Crippen LogP contribution in [-0.2, 0) is 9.53 Å². The number of primary amides is 1. The molecule has 1 rings (SSSR count). The minimum atomic E-state index is -0.882. The van der Waals surface area contributed by atoms with Gasteiger partial charge in [-0.05, 0) is 19.3 Å². The maximum Gasteiger partial charge on any atom is 0.217 e. The lowest BCUT2D eigenvalue weighted by Gasteiger charge is -2.35. The van der Waals surface area contributed by atoms with Crippen molar-refractivity contribution in [2.75, 3.05) is 6.61 Å². The Morgan fingerprint density at radius 3 is 1.16 bits per heavy atom. The number of unbranched alkanes of at least 4 members (excludes halogenated alkanes) is 36. The van der Waals surface area contributed by atoms with Gasteiger partial charge in [0, 0.05) is 12.8 Å². The fourth-order valence-electron chi connectivity index (χ4n) is 8.77. The topological polar surface area (TPSA) is 153 Å². The molecule has 0 radical (unpaired) electrons. The lowest BCUT2D eigenvalue weighted by atomic mass is 9.97. The summed E-state index contributed by atoms with van der Waals surface area (Å²) in [6.45, 7) is 4.24. The third-order valence-corrected chi connectivity index (χ3v) is 13.1. The van der Waals surface area contributed by atoms with Gasteiger partial charge in [-0.3, -0.25) is 4.79 Å². The van der Waals surface area contributed by atoms with Gasteiger partial charge < -0.3 is 36.0 Å². The van der Waals surface area contributed by atoms with Crippen LogP contribution in [0.5, 0.6) is 0 Å². The minimum Gasteiger partial charge on any atom is -0.394 e. The van der Waals surface area contributed by atoms with Crippen LogP contribution in [0.2, 0.25) is 0 Å². The second-order valence-electron chi connectivity index (χ2n) is 19.2. The number of amides is 1. The minimum absolute atomic E-state index is 0.143. The molecular weight excluding hydrogens is 775 g/mol. The molecule has 0 aromatic carbocycles. The highest BCUT2D eigenvalue weighted by Gasteiger charge is 2.34. The Morgan fingerprint density at radius 2 is 0.839 bits per heavy atom. The van der Waals surface area contributed by atoms with Crippen LogP contribution in [0.25, 0.3) is 0 Å². The summed E-state index contributed by atoms with van der Waals surface area (Å²) in [6.07, 6.45) is 52.1. The van der Waals surface area contributed by atoms with Crippen LogP contribution in [0.15, 0.2) is 12.2 Å². The maximum absolute atomic E-state index is 10.7. The largest absolute Gasteiger partial charge is 0.394 e. The van der Waals surface area contributed by atoms with E-state index in [1.54, 1.807) is 12.2 Å². The van der Waals surface area contributed by atoms with Crippen molar-refractivity contribution in [2.24, 2.45) is 5.73 Å². The fraction of sp³-hybridized carbons (Fsp3) is 0.944. The SMILES string of the molecule is CCCCCCCCCCCCCCC(O)C(O)C/C=C/C1OC(CO)C(O)CC1O.CCCCCCCCCCCCCCCCCCCCCCCCCCCCC(N)=O. The first-order valence-corrected chi connectivity index (χ1v) is 27.2. The highest BCUT2D eigenvalue weighted by molar-refractivity contribution is 5.73. The number of carbonyl (C=O) groups is 1. The van der Waals surface area contributed by atoms with Crippen molar-refractivity contribution in [3.63, 3.8) is 0 Å². The van der Waals surface area contributed by atoms with Crippen molar-refractivity contribution in [2.45, 2.75) is 320 Å². The lowest BCUT2D eigenvalue weighted by molar-refractivity contribution is -0.163. The van der Waals surface area contributed by atoms with Gasteiger partial charge in [-0.1, -0.05) is 264 Å². The molecule has 6 unspecified atom stereocenters. The molecule has 0 aromatic rings. The van der Waals surface area contributed by atoms with Crippen LogP contribution in [0.4, 0.5) is 0 Å². The molecule has 6 atom stereocenters. The third kappa shape index (κ3) is 41.7. The molecule has 62 heavy (non-hydrogen) atoms. The van der Waals surface area contributed by atoms with Crippen LogP contribution < -0.4 is 5.73 Å². The van der Waals surface area contributed by atoms with Crippen molar-refractivity contribution >= 4 is 5.91 Å². The van der Waals surface area contributed by atoms with Gasteiger partial charge in [0.15, 0.2) is 0 Å². The highest BCUT2D eigenvalue weighted by atomic mass is 16.5. The van der Waals surface area contributed by atoms with Crippen LogP contribution >= 0.6 is 0 Å². The van der Waals surface area contributed by atoms with Gasteiger partial charge in [0.25, 0.3) is 0 Å². The molecule has 1 fully saturated rings. The number of rotatable bonds is 45. The molecule has 0 saturated carbocycles. The average molecular weight is 882 g/mol. The number of carbonyl (C=O) groups excluding carboxylic acids is 1.